The third-order valence-electron chi connectivity index (χ3n) is 5.23. The van der Waals surface area contributed by atoms with E-state index in [1.807, 2.05) is 24.3 Å². The Kier molecular flexibility index (Phi) is 4.48. The molecule has 122 valence electrons. The van der Waals surface area contributed by atoms with Gasteiger partial charge in [0, 0.05) is 5.41 Å². The molecule has 1 saturated carbocycles. The van der Waals surface area contributed by atoms with Crippen LogP contribution in [0.25, 0.3) is 0 Å². The first kappa shape index (κ1) is 16.5. The molecule has 0 aliphatic heterocycles. The zero-order valence-corrected chi connectivity index (χ0v) is 14.5. The Morgan fingerprint density at radius 2 is 1.43 bits per heavy atom. The third kappa shape index (κ3) is 2.79. The summed E-state index contributed by atoms with van der Waals surface area (Å²) >= 11 is 12.3. The van der Waals surface area contributed by atoms with Crippen molar-refractivity contribution < 1.29 is 10.2 Å². The largest absolute Gasteiger partial charge is 0.506 e. The van der Waals surface area contributed by atoms with Gasteiger partial charge in [0.25, 0.3) is 0 Å². The number of rotatable bonds is 2. The van der Waals surface area contributed by atoms with Crippen molar-refractivity contribution >= 4 is 23.2 Å². The lowest BCUT2D eigenvalue weighted by molar-refractivity contribution is 0.244. The number of halogens is 2. The molecule has 3 rings (SSSR count). The first-order valence-electron chi connectivity index (χ1n) is 7.93. The maximum Gasteiger partial charge on any atom is 0.134 e. The van der Waals surface area contributed by atoms with Gasteiger partial charge in [-0.3, -0.25) is 0 Å². The SMILES string of the molecule is CC1CCCCC1(c1ccc(O)c(Cl)c1)c1ccc(O)c(Cl)c1. The number of hydrogen-bond donors (Lipinski definition) is 2. The molecule has 0 bridgehead atoms. The normalized spacial score (nSPS) is 20.4. The van der Waals surface area contributed by atoms with Gasteiger partial charge in [0.05, 0.1) is 10.0 Å². The van der Waals surface area contributed by atoms with Crippen LogP contribution in [0.15, 0.2) is 36.4 Å². The predicted octanol–water partition coefficient (Wildman–Crippen LogP) is 5.90. The van der Waals surface area contributed by atoms with Gasteiger partial charge in [-0.25, -0.2) is 0 Å². The molecule has 0 heterocycles. The summed E-state index contributed by atoms with van der Waals surface area (Å²) in [5.74, 6) is 0.605. The molecule has 23 heavy (non-hydrogen) atoms. The topological polar surface area (TPSA) is 40.5 Å². The van der Waals surface area contributed by atoms with Gasteiger partial charge in [0.2, 0.25) is 0 Å². The van der Waals surface area contributed by atoms with E-state index in [1.165, 1.54) is 6.42 Å². The summed E-state index contributed by atoms with van der Waals surface area (Å²) in [6.45, 7) is 2.25. The molecule has 1 fully saturated rings. The van der Waals surface area contributed by atoms with E-state index >= 15 is 0 Å². The molecule has 2 aromatic carbocycles. The van der Waals surface area contributed by atoms with Gasteiger partial charge in [0.1, 0.15) is 11.5 Å². The van der Waals surface area contributed by atoms with Crippen LogP contribution in [0, 0.1) is 5.92 Å². The molecular formula is C19H20Cl2O2. The summed E-state index contributed by atoms with van der Waals surface area (Å²) in [6, 6.07) is 10.9. The maximum absolute atomic E-state index is 9.76. The highest BCUT2D eigenvalue weighted by molar-refractivity contribution is 6.32. The summed E-state index contributed by atoms with van der Waals surface area (Å²) in [6.07, 6.45) is 4.45. The van der Waals surface area contributed by atoms with Gasteiger partial charge < -0.3 is 10.2 Å². The van der Waals surface area contributed by atoms with E-state index in [0.29, 0.717) is 16.0 Å². The van der Waals surface area contributed by atoms with E-state index in [2.05, 4.69) is 6.92 Å². The monoisotopic (exact) mass is 350 g/mol. The molecule has 2 nitrogen and oxygen atoms in total. The first-order chi connectivity index (χ1) is 10.9. The van der Waals surface area contributed by atoms with Gasteiger partial charge in [-0.15, -0.1) is 0 Å². The molecule has 1 unspecified atom stereocenters. The average Bonchev–Trinajstić information content (AvgIpc) is 2.53. The van der Waals surface area contributed by atoms with Crippen LogP contribution in [0.3, 0.4) is 0 Å². The van der Waals surface area contributed by atoms with E-state index in [-0.39, 0.29) is 16.9 Å². The number of aromatic hydroxyl groups is 2. The van der Waals surface area contributed by atoms with E-state index in [9.17, 15) is 10.2 Å². The first-order valence-corrected chi connectivity index (χ1v) is 8.69. The molecule has 4 heteroatoms. The van der Waals surface area contributed by atoms with Gasteiger partial charge in [0.15, 0.2) is 0 Å². The van der Waals surface area contributed by atoms with Crippen LogP contribution >= 0.6 is 23.2 Å². The molecule has 0 saturated heterocycles. The van der Waals surface area contributed by atoms with Crippen LogP contribution in [0.5, 0.6) is 11.5 Å². The van der Waals surface area contributed by atoms with Crippen molar-refractivity contribution in [2.45, 2.75) is 38.0 Å². The van der Waals surface area contributed by atoms with Crippen LogP contribution in [0.4, 0.5) is 0 Å². The van der Waals surface area contributed by atoms with Gasteiger partial charge in [-0.1, -0.05) is 55.1 Å². The lowest BCUT2D eigenvalue weighted by Gasteiger charge is -2.44. The molecule has 0 radical (unpaired) electrons. The quantitative estimate of drug-likeness (QED) is 0.707. The number of phenolic OH excluding ortho intramolecular Hbond substituents is 2. The Hall–Kier alpha value is -1.38. The fourth-order valence-electron chi connectivity index (χ4n) is 3.94. The lowest BCUT2D eigenvalue weighted by Crippen LogP contribution is -2.37. The Balaban J connectivity index is 2.21. The van der Waals surface area contributed by atoms with Crippen LogP contribution in [0.2, 0.25) is 10.0 Å². The molecule has 2 N–H and O–H groups in total. The minimum Gasteiger partial charge on any atom is -0.506 e. The van der Waals surface area contributed by atoms with E-state index in [1.54, 1.807) is 12.1 Å². The minimum atomic E-state index is -0.201. The zero-order valence-electron chi connectivity index (χ0n) is 13.0. The third-order valence-corrected chi connectivity index (χ3v) is 5.83. The van der Waals surface area contributed by atoms with E-state index in [0.717, 1.165) is 30.4 Å². The molecule has 1 atom stereocenters. The lowest BCUT2D eigenvalue weighted by atomic mass is 9.60. The van der Waals surface area contributed by atoms with Crippen LogP contribution in [0.1, 0.15) is 43.7 Å². The second-order valence-corrected chi connectivity index (χ2v) is 7.26. The molecule has 2 aromatic rings. The van der Waals surface area contributed by atoms with Crippen molar-refractivity contribution in [3.63, 3.8) is 0 Å². The van der Waals surface area contributed by atoms with Crippen molar-refractivity contribution in [3.05, 3.63) is 57.6 Å². The van der Waals surface area contributed by atoms with Crippen molar-refractivity contribution in [2.24, 2.45) is 5.92 Å². The number of phenols is 2. The highest BCUT2D eigenvalue weighted by atomic mass is 35.5. The standard InChI is InChI=1S/C19H20Cl2O2/c1-12-4-2-3-9-19(12,13-5-7-17(22)15(20)10-13)14-6-8-18(23)16(21)11-14/h5-8,10-12,22-23H,2-4,9H2,1H3. The highest BCUT2D eigenvalue weighted by Gasteiger charge is 2.41. The van der Waals surface area contributed by atoms with E-state index in [4.69, 9.17) is 23.2 Å². The molecular weight excluding hydrogens is 331 g/mol. The summed E-state index contributed by atoms with van der Waals surface area (Å²) in [7, 11) is 0. The zero-order chi connectivity index (χ0) is 16.6. The number of benzene rings is 2. The van der Waals surface area contributed by atoms with Crippen LogP contribution < -0.4 is 0 Å². The fourth-order valence-corrected chi connectivity index (χ4v) is 4.30. The van der Waals surface area contributed by atoms with Gasteiger partial charge in [-0.05, 0) is 54.2 Å². The second kappa shape index (κ2) is 6.26. The summed E-state index contributed by atoms with van der Waals surface area (Å²) in [5, 5.41) is 20.2. The van der Waals surface area contributed by atoms with Gasteiger partial charge >= 0.3 is 0 Å². The molecule has 1 aliphatic carbocycles. The highest BCUT2D eigenvalue weighted by Crippen LogP contribution is 2.50. The predicted molar refractivity (Wildman–Crippen MR) is 94.6 cm³/mol. The van der Waals surface area contributed by atoms with Crippen molar-refractivity contribution in [2.75, 3.05) is 0 Å². The number of hydrogen-bond acceptors (Lipinski definition) is 2. The molecule has 1 aliphatic rings. The second-order valence-electron chi connectivity index (χ2n) is 6.45. The summed E-state index contributed by atoms with van der Waals surface area (Å²) in [5.41, 5.74) is 1.98. The van der Waals surface area contributed by atoms with Crippen molar-refractivity contribution in [1.29, 1.82) is 0 Å². The Labute approximate surface area is 146 Å². The average molecular weight is 351 g/mol. The minimum absolute atomic E-state index is 0.0952. The smallest absolute Gasteiger partial charge is 0.134 e. The fraction of sp³-hybridized carbons (Fsp3) is 0.368. The Bertz CT molecular complexity index is 676. The molecule has 0 amide bonds. The molecule has 0 aromatic heterocycles. The summed E-state index contributed by atoms with van der Waals surface area (Å²) < 4.78 is 0. The maximum atomic E-state index is 9.76. The molecule has 0 spiro atoms. The Morgan fingerprint density at radius 1 is 0.913 bits per heavy atom. The van der Waals surface area contributed by atoms with E-state index < -0.39 is 0 Å². The van der Waals surface area contributed by atoms with Crippen molar-refractivity contribution in [1.82, 2.24) is 0 Å². The Morgan fingerprint density at radius 3 is 1.87 bits per heavy atom. The van der Waals surface area contributed by atoms with Gasteiger partial charge in [-0.2, -0.15) is 0 Å². The summed E-state index contributed by atoms with van der Waals surface area (Å²) in [4.78, 5) is 0. The van der Waals surface area contributed by atoms with Crippen LogP contribution in [-0.2, 0) is 5.41 Å². The van der Waals surface area contributed by atoms with Crippen LogP contribution in [-0.4, -0.2) is 10.2 Å². The van der Waals surface area contributed by atoms with Crippen molar-refractivity contribution in [3.8, 4) is 11.5 Å².